The van der Waals surface area contributed by atoms with Crippen molar-refractivity contribution in [2.75, 3.05) is 4.90 Å². The van der Waals surface area contributed by atoms with E-state index in [4.69, 9.17) is 0 Å². The summed E-state index contributed by atoms with van der Waals surface area (Å²) in [5.41, 5.74) is 1.05. The summed E-state index contributed by atoms with van der Waals surface area (Å²) in [5, 5.41) is 0.0760. The Balaban J connectivity index is 1.96. The molecule has 1 aromatic carbocycles. The van der Waals surface area contributed by atoms with Crippen LogP contribution in [0, 0.1) is 5.92 Å². The van der Waals surface area contributed by atoms with Gasteiger partial charge in [0.05, 0.1) is 10.1 Å². The number of thioether (sulfide) groups is 1. The lowest BCUT2D eigenvalue weighted by Crippen LogP contribution is -2.47. The summed E-state index contributed by atoms with van der Waals surface area (Å²) < 4.78 is 1.06. The van der Waals surface area contributed by atoms with Gasteiger partial charge < -0.3 is 0 Å². The van der Waals surface area contributed by atoms with Gasteiger partial charge in [0.1, 0.15) is 0 Å². The van der Waals surface area contributed by atoms with E-state index in [0.717, 1.165) is 28.9 Å². The van der Waals surface area contributed by atoms with E-state index in [-0.39, 0.29) is 16.0 Å². The highest BCUT2D eigenvalue weighted by Gasteiger charge is 2.51. The highest BCUT2D eigenvalue weighted by atomic mass is 79.9. The van der Waals surface area contributed by atoms with Crippen LogP contribution in [-0.2, 0) is 4.79 Å². The van der Waals surface area contributed by atoms with Crippen LogP contribution in [0.4, 0.5) is 5.69 Å². The molecule has 3 rings (SSSR count). The molecular formula is C16H20BrNOS. The third-order valence-electron chi connectivity index (χ3n) is 4.51. The largest absolute Gasteiger partial charge is 0.296 e. The van der Waals surface area contributed by atoms with Gasteiger partial charge in [0.25, 0.3) is 0 Å². The number of hydrogen-bond donors (Lipinski definition) is 0. The Kier molecular flexibility index (Phi) is 3.89. The molecule has 108 valence electrons. The highest BCUT2D eigenvalue weighted by Crippen LogP contribution is 2.52. The molecule has 2 nitrogen and oxygen atoms in total. The zero-order valence-electron chi connectivity index (χ0n) is 11.9. The van der Waals surface area contributed by atoms with Crippen molar-refractivity contribution in [3.63, 3.8) is 0 Å². The van der Waals surface area contributed by atoms with Gasteiger partial charge >= 0.3 is 0 Å². The van der Waals surface area contributed by atoms with Crippen LogP contribution in [0.3, 0.4) is 0 Å². The zero-order valence-corrected chi connectivity index (χ0v) is 14.3. The maximum absolute atomic E-state index is 12.6. The van der Waals surface area contributed by atoms with Gasteiger partial charge in [0.15, 0.2) is 0 Å². The smallest absolute Gasteiger partial charge is 0.241 e. The summed E-state index contributed by atoms with van der Waals surface area (Å²) in [6, 6.07) is 8.16. The Hall–Kier alpha value is -0.480. The molecule has 1 aliphatic carbocycles. The van der Waals surface area contributed by atoms with Gasteiger partial charge in [-0.15, -0.1) is 11.8 Å². The minimum atomic E-state index is -0.00314. The molecule has 0 N–H and O–H groups in total. The SMILES string of the molecule is CC1CCC2(CC1)SC(C)C(=O)N2c1ccc(Br)cc1. The van der Waals surface area contributed by atoms with E-state index < -0.39 is 0 Å². The molecule has 2 fully saturated rings. The van der Waals surface area contributed by atoms with Crippen molar-refractivity contribution in [3.8, 4) is 0 Å². The van der Waals surface area contributed by atoms with E-state index in [0.29, 0.717) is 0 Å². The molecule has 0 aromatic heterocycles. The number of halogens is 1. The second-order valence-electron chi connectivity index (χ2n) is 6.04. The Morgan fingerprint density at radius 2 is 1.80 bits per heavy atom. The number of nitrogens with zero attached hydrogens (tertiary/aromatic N) is 1. The molecule has 20 heavy (non-hydrogen) atoms. The lowest BCUT2D eigenvalue weighted by atomic mass is 9.85. The molecule has 4 heteroatoms. The van der Waals surface area contributed by atoms with Gasteiger partial charge in [-0.2, -0.15) is 0 Å². The van der Waals surface area contributed by atoms with Crippen LogP contribution >= 0.6 is 27.7 Å². The van der Waals surface area contributed by atoms with Crippen molar-refractivity contribution in [1.29, 1.82) is 0 Å². The van der Waals surface area contributed by atoms with Crippen molar-refractivity contribution in [1.82, 2.24) is 0 Å². The summed E-state index contributed by atoms with van der Waals surface area (Å²) in [6.07, 6.45) is 4.68. The van der Waals surface area contributed by atoms with Crippen LogP contribution in [-0.4, -0.2) is 16.0 Å². The van der Waals surface area contributed by atoms with E-state index >= 15 is 0 Å². The highest BCUT2D eigenvalue weighted by molar-refractivity contribution is 9.10. The van der Waals surface area contributed by atoms with Crippen LogP contribution in [0.5, 0.6) is 0 Å². The number of amides is 1. The molecule has 1 unspecified atom stereocenters. The van der Waals surface area contributed by atoms with Gasteiger partial charge in [-0.25, -0.2) is 0 Å². The first-order chi connectivity index (χ1) is 9.52. The number of anilines is 1. The maximum atomic E-state index is 12.6. The van der Waals surface area contributed by atoms with Crippen LogP contribution in [0.25, 0.3) is 0 Å². The number of benzene rings is 1. The number of carbonyl (C=O) groups excluding carboxylic acids is 1. The fraction of sp³-hybridized carbons (Fsp3) is 0.562. The topological polar surface area (TPSA) is 20.3 Å². The van der Waals surface area contributed by atoms with Crippen molar-refractivity contribution in [2.45, 2.75) is 49.7 Å². The standard InChI is InChI=1S/C16H20BrNOS/c1-11-7-9-16(10-8-11)18(15(19)12(2)20-16)14-5-3-13(17)4-6-14/h3-6,11-12H,7-10H2,1-2H3. The number of hydrogen-bond acceptors (Lipinski definition) is 2. The molecule has 2 aliphatic rings. The zero-order chi connectivity index (χ0) is 14.3. The predicted octanol–water partition coefficient (Wildman–Crippen LogP) is 4.82. The first-order valence-corrected chi connectivity index (χ1v) is 8.96. The minimum Gasteiger partial charge on any atom is -0.296 e. The van der Waals surface area contributed by atoms with Crippen LogP contribution in [0.1, 0.15) is 39.5 Å². The molecule has 1 saturated heterocycles. The summed E-state index contributed by atoms with van der Waals surface area (Å²) in [5.74, 6) is 1.06. The lowest BCUT2D eigenvalue weighted by molar-refractivity contribution is -0.118. The molecule has 1 saturated carbocycles. The van der Waals surface area contributed by atoms with Crippen molar-refractivity contribution in [2.24, 2.45) is 5.92 Å². The Morgan fingerprint density at radius 1 is 1.20 bits per heavy atom. The van der Waals surface area contributed by atoms with Crippen molar-refractivity contribution in [3.05, 3.63) is 28.7 Å². The van der Waals surface area contributed by atoms with Gasteiger partial charge in [-0.05, 0) is 62.8 Å². The minimum absolute atomic E-state index is 0.00314. The lowest BCUT2D eigenvalue weighted by Gasteiger charge is -2.42. The van der Waals surface area contributed by atoms with Gasteiger partial charge in [0, 0.05) is 10.2 Å². The van der Waals surface area contributed by atoms with Crippen LogP contribution < -0.4 is 4.90 Å². The fourth-order valence-corrected chi connectivity index (χ4v) is 5.22. The Bertz CT molecular complexity index is 508. The average molecular weight is 354 g/mol. The quantitative estimate of drug-likeness (QED) is 0.720. The average Bonchev–Trinajstić information content (AvgIpc) is 2.67. The van der Waals surface area contributed by atoms with Crippen LogP contribution in [0.2, 0.25) is 0 Å². The normalized spacial score (nSPS) is 34.0. The van der Waals surface area contributed by atoms with Gasteiger partial charge in [-0.1, -0.05) is 22.9 Å². The maximum Gasteiger partial charge on any atom is 0.241 e. The molecular weight excluding hydrogens is 334 g/mol. The third-order valence-corrected chi connectivity index (χ3v) is 6.63. The molecule has 1 atom stereocenters. The van der Waals surface area contributed by atoms with Gasteiger partial charge in [-0.3, -0.25) is 9.69 Å². The first kappa shape index (κ1) is 14.5. The Morgan fingerprint density at radius 3 is 2.40 bits per heavy atom. The van der Waals surface area contributed by atoms with E-state index in [2.05, 4.69) is 39.9 Å². The summed E-state index contributed by atoms with van der Waals surface area (Å²) in [7, 11) is 0. The molecule has 1 heterocycles. The summed E-state index contributed by atoms with van der Waals surface area (Å²) in [6.45, 7) is 4.37. The molecule has 1 amide bonds. The second kappa shape index (κ2) is 5.38. The molecule has 1 aliphatic heterocycles. The van der Waals surface area contributed by atoms with E-state index in [1.54, 1.807) is 0 Å². The van der Waals surface area contributed by atoms with E-state index in [1.165, 1.54) is 12.8 Å². The van der Waals surface area contributed by atoms with Gasteiger partial charge in [0.2, 0.25) is 5.91 Å². The first-order valence-electron chi connectivity index (χ1n) is 7.29. The van der Waals surface area contributed by atoms with Crippen molar-refractivity contribution < 1.29 is 4.79 Å². The molecule has 1 spiro atoms. The van der Waals surface area contributed by atoms with E-state index in [1.807, 2.05) is 30.8 Å². The second-order valence-corrected chi connectivity index (χ2v) is 8.66. The Labute approximate surface area is 133 Å². The van der Waals surface area contributed by atoms with E-state index in [9.17, 15) is 4.79 Å². The summed E-state index contributed by atoms with van der Waals surface area (Å²) in [4.78, 5) is 14.7. The molecule has 1 aromatic rings. The number of carbonyl (C=O) groups is 1. The monoisotopic (exact) mass is 353 g/mol. The molecule has 0 radical (unpaired) electrons. The van der Waals surface area contributed by atoms with Crippen LogP contribution in [0.15, 0.2) is 28.7 Å². The summed E-state index contributed by atoms with van der Waals surface area (Å²) >= 11 is 5.34. The number of rotatable bonds is 1. The van der Waals surface area contributed by atoms with Crippen molar-refractivity contribution >= 4 is 39.3 Å². The predicted molar refractivity (Wildman–Crippen MR) is 89.0 cm³/mol. The third kappa shape index (κ3) is 2.41. The fourth-order valence-electron chi connectivity index (χ4n) is 3.32. The molecule has 0 bridgehead atoms.